The van der Waals surface area contributed by atoms with Gasteiger partial charge >= 0.3 is 5.97 Å². The number of carbonyl (C=O) groups is 1. The van der Waals surface area contributed by atoms with Gasteiger partial charge in [-0.15, -0.1) is 12.4 Å². The zero-order chi connectivity index (χ0) is 25.5. The van der Waals surface area contributed by atoms with Crippen LogP contribution in [-0.2, 0) is 6.54 Å². The zero-order valence-corrected chi connectivity index (χ0v) is 21.3. The standard InChI is InChI=1S/C30H23FN4O2.ClH/c1-34-16-20(29-25(18-34)27(30(36)37)24-9-5-6-10-26(24)32-29)15-21-17-35(23-7-3-2-4-8-23)33-28(21)19-11-13-22(31)14-12-19;/h2-15,17H,16,18H2,1H3,(H,36,37);1H/b20-15+;. The lowest BCUT2D eigenvalue weighted by Crippen LogP contribution is -2.28. The molecule has 6 rings (SSSR count). The molecule has 2 aromatic heterocycles. The van der Waals surface area contributed by atoms with Gasteiger partial charge in [-0.3, -0.25) is 4.90 Å². The minimum atomic E-state index is -0.964. The van der Waals surface area contributed by atoms with Crippen LogP contribution in [0.3, 0.4) is 0 Å². The molecule has 0 atom stereocenters. The molecule has 0 spiro atoms. The van der Waals surface area contributed by atoms with E-state index < -0.39 is 5.97 Å². The lowest BCUT2D eigenvalue weighted by atomic mass is 9.92. The number of aromatic carboxylic acids is 1. The fraction of sp³-hybridized carbons (Fsp3) is 0.100. The van der Waals surface area contributed by atoms with E-state index in [0.717, 1.165) is 22.4 Å². The van der Waals surface area contributed by atoms with E-state index in [2.05, 4.69) is 4.90 Å². The van der Waals surface area contributed by atoms with Crippen molar-refractivity contribution in [3.8, 4) is 16.9 Å². The van der Waals surface area contributed by atoms with Gasteiger partial charge in [0.1, 0.15) is 5.82 Å². The third kappa shape index (κ3) is 4.58. The maximum absolute atomic E-state index is 13.7. The van der Waals surface area contributed by atoms with E-state index >= 15 is 0 Å². The second-order valence-electron chi connectivity index (χ2n) is 9.20. The van der Waals surface area contributed by atoms with Gasteiger partial charge in [0.05, 0.1) is 28.2 Å². The molecule has 0 unspecified atom stereocenters. The first-order chi connectivity index (χ1) is 18.0. The van der Waals surface area contributed by atoms with Crippen LogP contribution in [0.15, 0.2) is 85.1 Å². The van der Waals surface area contributed by atoms with E-state index in [9.17, 15) is 14.3 Å². The minimum absolute atomic E-state index is 0. The van der Waals surface area contributed by atoms with Gasteiger partial charge in [-0.1, -0.05) is 36.4 Å². The maximum atomic E-state index is 13.7. The number of rotatable bonds is 4. The molecular weight excluding hydrogens is 503 g/mol. The normalized spacial score (nSPS) is 14.3. The van der Waals surface area contributed by atoms with Crippen LogP contribution in [0.5, 0.6) is 0 Å². The number of hydrogen-bond donors (Lipinski definition) is 1. The van der Waals surface area contributed by atoms with Crippen LogP contribution in [0.1, 0.15) is 27.2 Å². The minimum Gasteiger partial charge on any atom is -0.478 e. The number of carboxylic acid groups (broad SMARTS) is 1. The molecule has 38 heavy (non-hydrogen) atoms. The van der Waals surface area contributed by atoms with E-state index in [1.54, 1.807) is 22.9 Å². The number of halogens is 2. The highest BCUT2D eigenvalue weighted by atomic mass is 35.5. The number of benzene rings is 3. The highest BCUT2D eigenvalue weighted by molar-refractivity contribution is 6.06. The molecule has 0 radical (unpaired) electrons. The van der Waals surface area contributed by atoms with Crippen LogP contribution in [-0.4, -0.2) is 44.3 Å². The Morgan fingerprint density at radius 2 is 1.66 bits per heavy atom. The summed E-state index contributed by atoms with van der Waals surface area (Å²) in [5, 5.41) is 15.6. The molecule has 0 saturated heterocycles. The summed E-state index contributed by atoms with van der Waals surface area (Å²) in [5.41, 5.74) is 6.43. The number of hydrogen-bond acceptors (Lipinski definition) is 4. The topological polar surface area (TPSA) is 71.2 Å². The Bertz CT molecular complexity index is 1680. The molecule has 8 heteroatoms. The average molecular weight is 527 g/mol. The lowest BCUT2D eigenvalue weighted by Gasteiger charge is -2.28. The smallest absolute Gasteiger partial charge is 0.336 e. The number of para-hydroxylation sites is 2. The Balaban J connectivity index is 0.00000294. The quantitative estimate of drug-likeness (QED) is 0.296. The second kappa shape index (κ2) is 10.2. The maximum Gasteiger partial charge on any atom is 0.336 e. The van der Waals surface area contributed by atoms with Gasteiger partial charge in [0.25, 0.3) is 0 Å². The molecule has 0 bridgehead atoms. The summed E-state index contributed by atoms with van der Waals surface area (Å²) in [6.45, 7) is 1.08. The average Bonchev–Trinajstić information content (AvgIpc) is 3.32. The SMILES string of the molecule is CN1C/C(=C\c2cn(-c3ccccc3)nc2-c2ccc(F)cc2)c2nc3ccccc3c(C(=O)O)c2C1.Cl. The third-order valence-electron chi connectivity index (χ3n) is 6.59. The van der Waals surface area contributed by atoms with Gasteiger partial charge < -0.3 is 5.11 Å². The molecular formula is C30H24ClFN4O2. The fourth-order valence-electron chi connectivity index (χ4n) is 4.95. The van der Waals surface area contributed by atoms with Crippen molar-refractivity contribution in [1.82, 2.24) is 19.7 Å². The van der Waals surface area contributed by atoms with E-state index in [-0.39, 0.29) is 23.8 Å². The van der Waals surface area contributed by atoms with Crippen LogP contribution in [0.25, 0.3) is 39.5 Å². The van der Waals surface area contributed by atoms with E-state index in [1.165, 1.54) is 12.1 Å². The summed E-state index contributed by atoms with van der Waals surface area (Å²) in [6.07, 6.45) is 3.96. The van der Waals surface area contributed by atoms with Gasteiger partial charge in [0.15, 0.2) is 0 Å². The number of fused-ring (bicyclic) bond motifs is 2. The number of likely N-dealkylation sites (N-methyl/N-ethyl adjacent to an activating group) is 1. The van der Waals surface area contributed by atoms with Crippen molar-refractivity contribution in [2.75, 3.05) is 13.6 Å². The molecule has 5 aromatic rings. The first kappa shape index (κ1) is 25.3. The van der Waals surface area contributed by atoms with Crippen LogP contribution in [0.2, 0.25) is 0 Å². The molecule has 3 heterocycles. The second-order valence-corrected chi connectivity index (χ2v) is 9.20. The van der Waals surface area contributed by atoms with Crippen LogP contribution < -0.4 is 0 Å². The van der Waals surface area contributed by atoms with E-state index in [0.29, 0.717) is 40.9 Å². The molecule has 0 amide bonds. The summed E-state index contributed by atoms with van der Waals surface area (Å²) in [7, 11) is 1.96. The molecule has 0 aliphatic carbocycles. The Morgan fingerprint density at radius 3 is 2.39 bits per heavy atom. The van der Waals surface area contributed by atoms with Crippen LogP contribution >= 0.6 is 12.4 Å². The summed E-state index contributed by atoms with van der Waals surface area (Å²) in [6, 6.07) is 23.4. The van der Waals surface area contributed by atoms with Gasteiger partial charge in [-0.25, -0.2) is 18.9 Å². The van der Waals surface area contributed by atoms with Crippen LogP contribution in [0, 0.1) is 5.82 Å². The summed E-state index contributed by atoms with van der Waals surface area (Å²) in [4.78, 5) is 19.4. The summed E-state index contributed by atoms with van der Waals surface area (Å²) in [5.74, 6) is -1.28. The predicted molar refractivity (Wildman–Crippen MR) is 149 cm³/mol. The highest BCUT2D eigenvalue weighted by Crippen LogP contribution is 2.35. The molecule has 1 aliphatic heterocycles. The van der Waals surface area contributed by atoms with Gasteiger partial charge in [0, 0.05) is 41.4 Å². The zero-order valence-electron chi connectivity index (χ0n) is 20.5. The van der Waals surface area contributed by atoms with Crippen molar-refractivity contribution in [3.05, 3.63) is 113 Å². The molecule has 3 aromatic carbocycles. The van der Waals surface area contributed by atoms with Gasteiger partial charge in [-0.05, 0) is 61.2 Å². The Kier molecular flexibility index (Phi) is 6.80. The van der Waals surface area contributed by atoms with Crippen molar-refractivity contribution >= 4 is 40.9 Å². The lowest BCUT2D eigenvalue weighted by molar-refractivity contribution is 0.0696. The number of pyridine rings is 1. The third-order valence-corrected chi connectivity index (χ3v) is 6.59. The number of aromatic nitrogens is 3. The molecule has 1 aliphatic rings. The predicted octanol–water partition coefficient (Wildman–Crippen LogP) is 6.33. The summed E-state index contributed by atoms with van der Waals surface area (Å²) >= 11 is 0. The van der Waals surface area contributed by atoms with Crippen molar-refractivity contribution in [2.24, 2.45) is 0 Å². The first-order valence-corrected chi connectivity index (χ1v) is 11.9. The molecule has 1 N–H and O–H groups in total. The largest absolute Gasteiger partial charge is 0.478 e. The van der Waals surface area contributed by atoms with E-state index in [4.69, 9.17) is 10.1 Å². The molecule has 0 fully saturated rings. The van der Waals surface area contributed by atoms with Gasteiger partial charge in [0.2, 0.25) is 0 Å². The van der Waals surface area contributed by atoms with E-state index in [1.807, 2.05) is 67.9 Å². The van der Waals surface area contributed by atoms with Crippen LogP contribution in [0.4, 0.5) is 4.39 Å². The fourth-order valence-corrected chi connectivity index (χ4v) is 4.95. The summed E-state index contributed by atoms with van der Waals surface area (Å²) < 4.78 is 15.5. The Hall–Kier alpha value is -4.33. The Labute approximate surface area is 225 Å². The molecule has 190 valence electrons. The highest BCUT2D eigenvalue weighted by Gasteiger charge is 2.27. The van der Waals surface area contributed by atoms with Crippen molar-refractivity contribution in [1.29, 1.82) is 0 Å². The number of nitrogens with zero attached hydrogens (tertiary/aromatic N) is 4. The molecule has 6 nitrogen and oxygen atoms in total. The monoisotopic (exact) mass is 526 g/mol. The Morgan fingerprint density at radius 1 is 0.947 bits per heavy atom. The number of carboxylic acids is 1. The van der Waals surface area contributed by atoms with Gasteiger partial charge in [-0.2, -0.15) is 5.10 Å². The van der Waals surface area contributed by atoms with Crippen molar-refractivity contribution in [2.45, 2.75) is 6.54 Å². The van der Waals surface area contributed by atoms with Crippen molar-refractivity contribution in [3.63, 3.8) is 0 Å². The molecule has 0 saturated carbocycles. The first-order valence-electron chi connectivity index (χ1n) is 11.9. The van der Waals surface area contributed by atoms with Crippen molar-refractivity contribution < 1.29 is 14.3 Å².